The molecule has 0 saturated heterocycles. The Morgan fingerprint density at radius 2 is 2.00 bits per heavy atom. The van der Waals surface area contributed by atoms with Gasteiger partial charge in [0.1, 0.15) is 6.04 Å². The molecular weight excluding hydrogens is 388 g/mol. The van der Waals surface area contributed by atoms with Crippen LogP contribution in [0.3, 0.4) is 0 Å². The Labute approximate surface area is 136 Å². The fourth-order valence-corrected chi connectivity index (χ4v) is 3.09. The molecule has 0 heterocycles. The molecule has 0 spiro atoms. The lowest BCUT2D eigenvalue weighted by atomic mass is 10.1. The predicted molar refractivity (Wildman–Crippen MR) is 85.4 cm³/mol. The number of benzene rings is 1. The molecular formula is C12H15BrCl2NO3P. The second-order valence-electron chi connectivity index (χ2n) is 4.30. The molecule has 4 nitrogen and oxygen atoms in total. The van der Waals surface area contributed by atoms with Crippen LogP contribution in [0.2, 0.25) is 0 Å². The first-order valence-corrected chi connectivity index (χ1v) is 10.5. The highest BCUT2D eigenvalue weighted by atomic mass is 79.9. The molecule has 1 N–H and O–H groups in total. The monoisotopic (exact) mass is 401 g/mol. The van der Waals surface area contributed by atoms with Gasteiger partial charge >= 0.3 is 5.85 Å². The Morgan fingerprint density at radius 1 is 1.40 bits per heavy atom. The van der Waals surface area contributed by atoms with Gasteiger partial charge in [0, 0.05) is 5.33 Å². The average molecular weight is 403 g/mol. The van der Waals surface area contributed by atoms with Crippen LogP contribution in [0.4, 0.5) is 0 Å². The number of hydrogen-bond donors (Lipinski definition) is 1. The zero-order valence-electron chi connectivity index (χ0n) is 10.8. The molecule has 0 aliphatic rings. The molecule has 0 aromatic heterocycles. The number of halogens is 3. The quantitative estimate of drug-likeness (QED) is 0.400. The molecule has 1 aromatic carbocycles. The number of alkyl halides is 1. The maximum Gasteiger partial charge on any atom is 0.318 e. The Morgan fingerprint density at radius 3 is 2.50 bits per heavy atom. The number of hydroxylamine groups is 1. The lowest BCUT2D eigenvalue weighted by Crippen LogP contribution is -2.41. The highest BCUT2D eigenvalue weighted by molar-refractivity contribution is 9.09. The maximum absolute atomic E-state index is 11.9. The highest BCUT2D eigenvalue weighted by Gasteiger charge is 2.36. The molecule has 0 fully saturated rings. The van der Waals surface area contributed by atoms with E-state index in [1.54, 1.807) is 6.92 Å². The summed E-state index contributed by atoms with van der Waals surface area (Å²) in [6.07, 6.45) is 0. The summed E-state index contributed by atoms with van der Waals surface area (Å²) in [6, 6.07) is 8.61. The van der Waals surface area contributed by atoms with Gasteiger partial charge in [-0.15, -0.1) is 0 Å². The molecule has 0 bridgehead atoms. The van der Waals surface area contributed by atoms with E-state index < -0.39 is 17.4 Å². The summed E-state index contributed by atoms with van der Waals surface area (Å²) in [4.78, 5) is 17.2. The van der Waals surface area contributed by atoms with Crippen LogP contribution in [0.25, 0.3) is 0 Å². The molecule has 1 unspecified atom stereocenters. The smallest absolute Gasteiger partial charge is 0.296 e. The van der Waals surface area contributed by atoms with Crippen molar-refractivity contribution in [3.8, 4) is 0 Å². The van der Waals surface area contributed by atoms with Gasteiger partial charge in [-0.25, -0.2) is 0 Å². The van der Waals surface area contributed by atoms with E-state index in [4.69, 9.17) is 27.3 Å². The molecule has 112 valence electrons. The summed E-state index contributed by atoms with van der Waals surface area (Å²) in [6.45, 7) is 2.06. The molecule has 2 atom stereocenters. The zero-order valence-corrected chi connectivity index (χ0v) is 14.8. The Balaban J connectivity index is 2.62. The van der Waals surface area contributed by atoms with Gasteiger partial charge in [0.05, 0.1) is 6.61 Å². The highest BCUT2D eigenvalue weighted by Crippen LogP contribution is 2.58. The minimum atomic E-state index is -3.85. The topological polar surface area (TPSA) is 55.4 Å². The summed E-state index contributed by atoms with van der Waals surface area (Å²) in [7, 11) is 0. The molecule has 0 saturated carbocycles. The third kappa shape index (κ3) is 5.84. The van der Waals surface area contributed by atoms with Crippen LogP contribution in [-0.2, 0) is 20.8 Å². The molecule has 1 rings (SSSR count). The van der Waals surface area contributed by atoms with Crippen LogP contribution >= 0.6 is 44.3 Å². The lowest BCUT2D eigenvalue weighted by molar-refractivity contribution is -0.119. The number of hydrogen-bond acceptors (Lipinski definition) is 4. The first kappa shape index (κ1) is 18.1. The van der Waals surface area contributed by atoms with Crippen molar-refractivity contribution in [2.75, 3.05) is 5.33 Å². The van der Waals surface area contributed by atoms with E-state index in [-0.39, 0.29) is 12.5 Å². The number of rotatable bonds is 8. The van der Waals surface area contributed by atoms with Gasteiger partial charge in [-0.3, -0.25) is 14.2 Å². The Kier molecular flexibility index (Phi) is 7.73. The van der Waals surface area contributed by atoms with Crippen molar-refractivity contribution < 1.29 is 14.2 Å². The van der Waals surface area contributed by atoms with Gasteiger partial charge in [0.15, 0.2) is 0 Å². The molecule has 0 aliphatic heterocycles. The normalized spacial score (nSPS) is 14.8. The first-order chi connectivity index (χ1) is 9.36. The fourth-order valence-electron chi connectivity index (χ4n) is 1.45. The summed E-state index contributed by atoms with van der Waals surface area (Å²) in [5, 5.41) is 0.513. The predicted octanol–water partition coefficient (Wildman–Crippen LogP) is 4.30. The van der Waals surface area contributed by atoms with Crippen LogP contribution in [0.5, 0.6) is 0 Å². The standard InChI is InChI=1S/C12H15BrCl2NO3P/c1-9(7-13)11(12(17)20(14,15)18)16-19-8-10-5-3-2-4-6-10/h2-6,9,11,16H,7-8H2,1H3/t9?,11-/m0/s1. The second-order valence-corrected chi connectivity index (χ2v) is 9.69. The van der Waals surface area contributed by atoms with E-state index in [9.17, 15) is 9.36 Å². The minimum absolute atomic E-state index is 0.177. The molecule has 1 aromatic rings. The van der Waals surface area contributed by atoms with E-state index in [2.05, 4.69) is 21.4 Å². The van der Waals surface area contributed by atoms with E-state index in [1.165, 1.54) is 0 Å². The molecule has 0 radical (unpaired) electrons. The first-order valence-electron chi connectivity index (χ1n) is 5.87. The maximum atomic E-state index is 11.9. The number of carbonyl (C=O) groups is 1. The molecule has 8 heteroatoms. The summed E-state index contributed by atoms with van der Waals surface area (Å²) in [5.74, 6) is -4.03. The van der Waals surface area contributed by atoms with Crippen molar-refractivity contribution in [1.82, 2.24) is 5.48 Å². The Hall–Kier alpha value is 0.100. The van der Waals surface area contributed by atoms with E-state index >= 15 is 0 Å². The van der Waals surface area contributed by atoms with E-state index in [0.29, 0.717) is 5.33 Å². The fraction of sp³-hybridized carbons (Fsp3) is 0.417. The van der Waals surface area contributed by atoms with Crippen LogP contribution < -0.4 is 5.48 Å². The molecule has 20 heavy (non-hydrogen) atoms. The lowest BCUT2D eigenvalue weighted by Gasteiger charge is -2.22. The van der Waals surface area contributed by atoms with Gasteiger partial charge in [-0.1, -0.05) is 53.2 Å². The van der Waals surface area contributed by atoms with Crippen molar-refractivity contribution in [1.29, 1.82) is 0 Å². The van der Waals surface area contributed by atoms with Gasteiger partial charge in [-0.05, 0) is 34.0 Å². The van der Waals surface area contributed by atoms with Crippen molar-refractivity contribution in [3.05, 3.63) is 35.9 Å². The van der Waals surface area contributed by atoms with Gasteiger partial charge in [0.25, 0.3) is 0 Å². The summed E-state index contributed by atoms with van der Waals surface area (Å²) >= 11 is 14.1. The van der Waals surface area contributed by atoms with Crippen LogP contribution in [0, 0.1) is 5.92 Å². The van der Waals surface area contributed by atoms with Crippen molar-refractivity contribution in [2.45, 2.75) is 19.6 Å². The van der Waals surface area contributed by atoms with Crippen molar-refractivity contribution in [3.63, 3.8) is 0 Å². The summed E-state index contributed by atoms with van der Waals surface area (Å²) < 4.78 is 11.5. The third-order valence-electron chi connectivity index (χ3n) is 2.63. The van der Waals surface area contributed by atoms with Gasteiger partial charge < -0.3 is 0 Å². The SMILES string of the molecule is CC(CBr)[C@H](NOCc1ccccc1)C(=O)P(=O)(Cl)Cl. The van der Waals surface area contributed by atoms with Gasteiger partial charge in [-0.2, -0.15) is 5.48 Å². The van der Waals surface area contributed by atoms with E-state index in [1.807, 2.05) is 30.3 Å². The van der Waals surface area contributed by atoms with Gasteiger partial charge in [0.2, 0.25) is 5.52 Å². The van der Waals surface area contributed by atoms with Crippen LogP contribution in [0.15, 0.2) is 30.3 Å². The largest absolute Gasteiger partial charge is 0.318 e. The third-order valence-corrected chi connectivity index (χ3v) is 5.44. The zero-order chi connectivity index (χ0) is 15.2. The second kappa shape index (κ2) is 8.52. The number of nitrogens with one attached hydrogen (secondary N) is 1. The minimum Gasteiger partial charge on any atom is -0.296 e. The number of carbonyl (C=O) groups excluding carboxylic acids is 1. The van der Waals surface area contributed by atoms with Crippen molar-refractivity contribution in [2.24, 2.45) is 5.92 Å². The van der Waals surface area contributed by atoms with Crippen molar-refractivity contribution >= 4 is 49.8 Å². The van der Waals surface area contributed by atoms with Crippen LogP contribution in [0.1, 0.15) is 12.5 Å². The Bertz CT molecular complexity index is 483. The molecule has 0 aliphatic carbocycles. The molecule has 0 amide bonds. The van der Waals surface area contributed by atoms with E-state index in [0.717, 1.165) is 5.56 Å². The van der Waals surface area contributed by atoms with Crippen LogP contribution in [-0.4, -0.2) is 16.9 Å². The average Bonchev–Trinajstić information content (AvgIpc) is 2.42. The summed E-state index contributed by atoms with van der Waals surface area (Å²) in [5.41, 5.74) is 2.80.